The first-order valence-corrected chi connectivity index (χ1v) is 41.9. The largest absolute Gasteiger partial charge is 0.508 e. The number of rotatable bonds is 54. The van der Waals surface area contributed by atoms with Crippen molar-refractivity contribution < 1.29 is 112 Å². The molecule has 0 saturated carbocycles. The molecular formula is C72H113N25O23S4. The van der Waals surface area contributed by atoms with Crippen LogP contribution in [-0.2, 0) is 99.1 Å². The number of nitrogens with two attached hydrogens (primary N) is 4. The van der Waals surface area contributed by atoms with Gasteiger partial charge in [0.25, 0.3) is 0 Å². The van der Waals surface area contributed by atoms with Crippen LogP contribution >= 0.6 is 50.5 Å². The molecule has 2 fully saturated rings. The lowest BCUT2D eigenvalue weighted by atomic mass is 9.97. The SMILES string of the molecule is CC[C@H](C)[C@H](NC(=O)[C@H](CCC(=O)O)NC(=O)[C@@H]1CCCN1C(=O)[C@H](Cc1cnc[nH]1)NC(=O)[C@H](CO)NC(=O)[C@H](Cc1ccc(O)cc1)NC(=O)[C@H](CCCNC(=N)N)NC(=O)[C@H](CS)NC(=O)[C@H](CCCNC(=N)N)NC(=O)[C@@H]1CCCN1C(=O)[C@H](CC(=O)O)NC(=O)[C@H](CO)NC(=O)[C@H](CS)NC(=O)[C@H](CS)NC(=O)CN)C(=O)N[C@@H](CS)C(N)=O. The van der Waals surface area contributed by atoms with Crippen LogP contribution < -0.4 is 103 Å². The molecule has 4 rings (SSSR count). The van der Waals surface area contributed by atoms with E-state index in [0.29, 0.717) is 6.42 Å². The molecule has 688 valence electrons. The quantitative estimate of drug-likeness (QED) is 0.0127. The van der Waals surface area contributed by atoms with Gasteiger partial charge in [-0.05, 0) is 81.4 Å². The highest BCUT2D eigenvalue weighted by Gasteiger charge is 2.44. The number of imidazole rings is 1. The standard InChI is InChI=1S/C72H113N25O23S4/c1-3-34(2)55(68(118)92-46(29-121)56(74)106)95-59(109)40(16-17-53(102)103)86-67(117)51-11-6-20-96(51)69(119)42(23-36-26-79-33-82-36)88-61(111)44(27-98)90-60(110)41(22-35-12-14-37(100)15-13-35)87-57(107)38(8-4-18-80-71(75)76)84-64(114)48(31-123)93-58(108)39(9-5-19-81-72(77)78)85-66(116)50-10-7-21-97(50)70(120)43(24-54(104)105)89-62(112)45(28-99)91-65(115)49(32-124)94-63(113)47(30-122)83-52(101)25-73/h12-15,26,33-34,38-51,55,98-100,121-124H,3-11,16-25,27-32,73H2,1-2H3,(H2,74,106)(H,79,82)(H,83,101)(H,84,114)(H,85,116)(H,86,117)(H,87,107)(H,88,111)(H,89,112)(H,90,110)(H,91,115)(H,92,118)(H,93,108)(H,94,113)(H,95,109)(H,102,103)(H,104,105)(H4,75,76,80)(H4,77,78,81)/t34-,38-,39-,40-,41-,42-,43-,44-,45-,46-,47-,48-,49-,50-,51-,55-/m0/s1. The fourth-order valence-electron chi connectivity index (χ4n) is 12.8. The number of carboxylic acids is 2. The van der Waals surface area contributed by atoms with E-state index in [9.17, 15) is 112 Å². The number of primary amides is 1. The number of nitrogens with one attached hydrogen (secondary N) is 18. The maximum Gasteiger partial charge on any atom is 0.305 e. The Morgan fingerprint density at radius 3 is 1.32 bits per heavy atom. The number of H-pyrrole nitrogens is 1. The second-order valence-electron chi connectivity index (χ2n) is 28.9. The van der Waals surface area contributed by atoms with Crippen LogP contribution in [0.15, 0.2) is 36.8 Å². The number of carbonyl (C=O) groups is 18. The number of guanidine groups is 2. The second kappa shape index (κ2) is 53.5. The number of aliphatic carboxylic acids is 2. The van der Waals surface area contributed by atoms with Gasteiger partial charge in [0.1, 0.15) is 96.4 Å². The van der Waals surface area contributed by atoms with Crippen LogP contribution in [-0.4, -0.2) is 323 Å². The number of aromatic nitrogens is 2. The summed E-state index contributed by atoms with van der Waals surface area (Å²) in [5, 5.41) is 103. The molecule has 2 aliphatic heterocycles. The van der Waals surface area contributed by atoms with Crippen LogP contribution in [0, 0.1) is 16.7 Å². The summed E-state index contributed by atoms with van der Waals surface area (Å²) in [4.78, 5) is 255. The number of benzene rings is 1. The van der Waals surface area contributed by atoms with Gasteiger partial charge in [0.05, 0.1) is 32.5 Å². The van der Waals surface area contributed by atoms with E-state index < -0.39 is 272 Å². The van der Waals surface area contributed by atoms with Crippen molar-refractivity contribution in [1.29, 1.82) is 10.8 Å². The Labute approximate surface area is 733 Å². The number of hydrogen-bond acceptors (Lipinski definition) is 29. The summed E-state index contributed by atoms with van der Waals surface area (Å²) < 4.78 is 0. The summed E-state index contributed by atoms with van der Waals surface area (Å²) in [6.07, 6.45) is -0.678. The molecule has 124 heavy (non-hydrogen) atoms. The van der Waals surface area contributed by atoms with Crippen LogP contribution in [0.5, 0.6) is 5.75 Å². The summed E-state index contributed by atoms with van der Waals surface area (Å²) in [6.45, 7) is 0.0407. The maximum atomic E-state index is 14.9. The zero-order chi connectivity index (χ0) is 92.6. The second-order valence-corrected chi connectivity index (χ2v) is 30.4. The Balaban J connectivity index is 1.61. The molecule has 31 N–H and O–H groups in total. The third-order valence-electron chi connectivity index (χ3n) is 19.7. The topological polar surface area (TPSA) is 776 Å². The van der Waals surface area contributed by atoms with E-state index >= 15 is 0 Å². The van der Waals surface area contributed by atoms with Crippen LogP contribution in [0.1, 0.15) is 102 Å². The lowest BCUT2D eigenvalue weighted by Crippen LogP contribution is -2.62. The van der Waals surface area contributed by atoms with Gasteiger partial charge in [-0.25, -0.2) is 4.98 Å². The lowest BCUT2D eigenvalue weighted by molar-refractivity contribution is -0.146. The first-order chi connectivity index (χ1) is 58.8. The van der Waals surface area contributed by atoms with Gasteiger partial charge in [-0.15, -0.1) is 0 Å². The van der Waals surface area contributed by atoms with Crippen molar-refractivity contribution in [2.45, 2.75) is 194 Å². The fraction of sp³-hybridized carbons (Fsp3) is 0.597. The first kappa shape index (κ1) is 105. The Hall–Kier alpha value is -11.5. The van der Waals surface area contributed by atoms with Gasteiger partial charge in [0, 0.05) is 80.3 Å². The number of carbonyl (C=O) groups excluding carboxylic acids is 16. The zero-order valence-electron chi connectivity index (χ0n) is 67.9. The number of aromatic amines is 1. The van der Waals surface area contributed by atoms with Gasteiger partial charge < -0.3 is 143 Å². The summed E-state index contributed by atoms with van der Waals surface area (Å²) >= 11 is 16.5. The van der Waals surface area contributed by atoms with E-state index in [4.69, 9.17) is 33.8 Å². The number of aliphatic hydroxyl groups is 2. The van der Waals surface area contributed by atoms with Crippen molar-refractivity contribution in [2.75, 3.05) is 68.9 Å². The Morgan fingerprint density at radius 1 is 0.500 bits per heavy atom. The van der Waals surface area contributed by atoms with Crippen molar-refractivity contribution >= 4 is 169 Å². The normalized spacial score (nSPS) is 16.9. The minimum Gasteiger partial charge on any atom is -0.508 e. The number of amides is 16. The van der Waals surface area contributed by atoms with Crippen molar-refractivity contribution in [3.8, 4) is 5.75 Å². The predicted octanol–water partition coefficient (Wildman–Crippen LogP) is -10.8. The van der Waals surface area contributed by atoms with Gasteiger partial charge in [-0.3, -0.25) is 97.1 Å². The van der Waals surface area contributed by atoms with Gasteiger partial charge in [-0.2, -0.15) is 50.5 Å². The molecule has 0 bridgehead atoms. The number of hydrogen-bond donors (Lipinski definition) is 31. The van der Waals surface area contributed by atoms with E-state index in [1.165, 1.54) is 36.8 Å². The highest BCUT2D eigenvalue weighted by Crippen LogP contribution is 2.23. The number of thiol groups is 4. The number of phenols is 1. The molecule has 16 atom stereocenters. The number of aromatic hydroxyl groups is 1. The smallest absolute Gasteiger partial charge is 0.305 e. The summed E-state index contributed by atoms with van der Waals surface area (Å²) in [6, 6.07) is -18.7. The third kappa shape index (κ3) is 34.3. The number of likely N-dealkylation sites (tertiary alicyclic amines) is 2. The van der Waals surface area contributed by atoms with E-state index in [0.717, 1.165) is 9.80 Å². The van der Waals surface area contributed by atoms with Gasteiger partial charge in [-0.1, -0.05) is 32.4 Å². The van der Waals surface area contributed by atoms with Crippen molar-refractivity contribution in [1.82, 2.24) is 99.5 Å². The number of aliphatic hydroxyl groups excluding tert-OH is 2. The van der Waals surface area contributed by atoms with Crippen LogP contribution in [0.2, 0.25) is 0 Å². The predicted molar refractivity (Wildman–Crippen MR) is 453 cm³/mol. The molecule has 16 amide bonds. The Morgan fingerprint density at radius 2 is 0.895 bits per heavy atom. The molecule has 0 unspecified atom stereocenters. The van der Waals surface area contributed by atoms with Crippen molar-refractivity contribution in [2.24, 2.45) is 28.9 Å². The van der Waals surface area contributed by atoms with Crippen molar-refractivity contribution in [3.05, 3.63) is 48.0 Å². The number of phenolic OH excluding ortho intramolecular Hbond substituents is 1. The number of carboxylic acid groups (broad SMARTS) is 2. The van der Waals surface area contributed by atoms with Gasteiger partial charge >= 0.3 is 11.9 Å². The third-order valence-corrected chi connectivity index (χ3v) is 21.2. The molecule has 0 aliphatic carbocycles. The van der Waals surface area contributed by atoms with Crippen LogP contribution in [0.3, 0.4) is 0 Å². The molecule has 2 aliphatic rings. The van der Waals surface area contributed by atoms with Crippen LogP contribution in [0.25, 0.3) is 0 Å². The molecule has 48 nitrogen and oxygen atoms in total. The Kier molecular flexibility index (Phi) is 45.3. The van der Waals surface area contributed by atoms with Crippen molar-refractivity contribution in [3.63, 3.8) is 0 Å². The molecule has 1 aromatic heterocycles. The molecule has 2 saturated heterocycles. The minimum absolute atomic E-state index is 0.0186. The molecule has 3 heterocycles. The first-order valence-electron chi connectivity index (χ1n) is 39.3. The highest BCUT2D eigenvalue weighted by molar-refractivity contribution is 7.80. The van der Waals surface area contributed by atoms with E-state index in [1.807, 2.05) is 0 Å². The average molecular weight is 1830 g/mol. The van der Waals surface area contributed by atoms with E-state index in [1.54, 1.807) is 13.8 Å². The summed E-state index contributed by atoms with van der Waals surface area (Å²) in [5.41, 5.74) is 22.3. The fourth-order valence-corrected chi connectivity index (χ4v) is 13.8. The zero-order valence-corrected chi connectivity index (χ0v) is 71.5. The maximum absolute atomic E-state index is 14.9. The minimum atomic E-state index is -1.98. The summed E-state index contributed by atoms with van der Waals surface area (Å²) in [5.74, 6) is -22.5. The monoisotopic (exact) mass is 1820 g/mol. The Bertz CT molecular complexity index is 4070. The molecule has 0 spiro atoms. The molecule has 52 heteroatoms. The summed E-state index contributed by atoms with van der Waals surface area (Å²) in [7, 11) is 0. The molecular weight excluding hydrogens is 1710 g/mol. The molecule has 1 aromatic carbocycles. The average Bonchev–Trinajstić information content (AvgIpc) is 1.61. The highest BCUT2D eigenvalue weighted by atomic mass is 32.1. The molecule has 0 radical (unpaired) electrons. The number of nitrogens with zero attached hydrogens (tertiary/aromatic N) is 3. The van der Waals surface area contributed by atoms with Gasteiger partial charge in [0.15, 0.2) is 11.9 Å². The van der Waals surface area contributed by atoms with E-state index in [-0.39, 0.29) is 112 Å². The van der Waals surface area contributed by atoms with Crippen LogP contribution in [0.4, 0.5) is 0 Å². The van der Waals surface area contributed by atoms with Gasteiger partial charge in [0.2, 0.25) is 94.5 Å². The molecule has 2 aromatic rings. The lowest BCUT2D eigenvalue weighted by Gasteiger charge is -2.31. The van der Waals surface area contributed by atoms with E-state index in [2.05, 4.69) is 140 Å².